The molecule has 2 heterocycles. The van der Waals surface area contributed by atoms with E-state index in [4.69, 9.17) is 23.2 Å². The van der Waals surface area contributed by atoms with E-state index in [0.29, 0.717) is 41.7 Å². The lowest BCUT2D eigenvalue weighted by Gasteiger charge is -2.32. The first-order chi connectivity index (χ1) is 13.7. The fraction of sp³-hybridized carbons (Fsp3) is 0.500. The second kappa shape index (κ2) is 9.41. The van der Waals surface area contributed by atoms with Gasteiger partial charge in [0.05, 0.1) is 29.4 Å². The van der Waals surface area contributed by atoms with Gasteiger partial charge >= 0.3 is 0 Å². The van der Waals surface area contributed by atoms with Crippen LogP contribution in [0.15, 0.2) is 18.2 Å². The number of aromatic nitrogens is 2. The topological polar surface area (TPSA) is 50.2 Å². The predicted molar refractivity (Wildman–Crippen MR) is 110 cm³/mol. The molecule has 9 heteroatoms. The van der Waals surface area contributed by atoms with E-state index in [0.717, 1.165) is 17.0 Å². The van der Waals surface area contributed by atoms with Crippen molar-refractivity contribution in [3.05, 3.63) is 45.2 Å². The van der Waals surface area contributed by atoms with Crippen LogP contribution >= 0.6 is 23.2 Å². The number of aryl methyl sites for hydroxylation is 1. The van der Waals surface area contributed by atoms with Gasteiger partial charge in [-0.2, -0.15) is 5.10 Å². The third-order valence-corrected chi connectivity index (χ3v) is 5.80. The SMILES string of the molecule is Cc1nn(-c2ccc(Cl)cc2Cl)c(C)c1CC(=O)NC1CCN(CC(F)F)CC1. The van der Waals surface area contributed by atoms with Gasteiger partial charge in [0, 0.05) is 35.4 Å². The minimum Gasteiger partial charge on any atom is -0.353 e. The zero-order valence-corrected chi connectivity index (χ0v) is 17.9. The molecule has 0 aliphatic carbocycles. The molecule has 0 unspecified atom stereocenters. The third kappa shape index (κ3) is 5.47. The largest absolute Gasteiger partial charge is 0.353 e. The average molecular weight is 445 g/mol. The smallest absolute Gasteiger partial charge is 0.251 e. The predicted octanol–water partition coefficient (Wildman–Crippen LogP) is 4.18. The van der Waals surface area contributed by atoms with Gasteiger partial charge in [0.1, 0.15) is 0 Å². The van der Waals surface area contributed by atoms with E-state index in [-0.39, 0.29) is 24.9 Å². The van der Waals surface area contributed by atoms with Crippen molar-refractivity contribution in [2.24, 2.45) is 0 Å². The van der Waals surface area contributed by atoms with E-state index >= 15 is 0 Å². The van der Waals surface area contributed by atoms with Crippen molar-refractivity contribution in [1.82, 2.24) is 20.0 Å². The highest BCUT2D eigenvalue weighted by molar-refractivity contribution is 6.35. The molecule has 158 valence electrons. The number of benzene rings is 1. The number of hydrogen-bond acceptors (Lipinski definition) is 3. The molecular weight excluding hydrogens is 421 g/mol. The summed E-state index contributed by atoms with van der Waals surface area (Å²) in [5.74, 6) is -0.0923. The fourth-order valence-electron chi connectivity index (χ4n) is 3.71. The molecule has 0 spiro atoms. The minimum atomic E-state index is -2.32. The third-order valence-electron chi connectivity index (χ3n) is 5.27. The van der Waals surface area contributed by atoms with Crippen molar-refractivity contribution in [2.75, 3.05) is 19.6 Å². The molecule has 1 fully saturated rings. The van der Waals surface area contributed by atoms with Gasteiger partial charge in [0.15, 0.2) is 0 Å². The van der Waals surface area contributed by atoms with Crippen molar-refractivity contribution in [2.45, 2.75) is 45.6 Å². The quantitative estimate of drug-likeness (QED) is 0.726. The average Bonchev–Trinajstić information content (AvgIpc) is 2.91. The van der Waals surface area contributed by atoms with Crippen LogP contribution in [0.1, 0.15) is 29.8 Å². The molecule has 0 bridgehead atoms. The lowest BCUT2D eigenvalue weighted by atomic mass is 10.0. The first-order valence-electron chi connectivity index (χ1n) is 9.55. The van der Waals surface area contributed by atoms with Crippen LogP contribution in [0.2, 0.25) is 10.0 Å². The first kappa shape index (κ1) is 22.0. The Balaban J connectivity index is 1.63. The van der Waals surface area contributed by atoms with Gasteiger partial charge < -0.3 is 5.32 Å². The van der Waals surface area contributed by atoms with Crippen LogP contribution in [0.25, 0.3) is 5.69 Å². The summed E-state index contributed by atoms with van der Waals surface area (Å²) in [6.45, 7) is 4.70. The Hall–Kier alpha value is -1.70. The Morgan fingerprint density at radius 1 is 1.28 bits per heavy atom. The second-order valence-corrected chi connectivity index (χ2v) is 8.21. The fourth-order valence-corrected chi connectivity index (χ4v) is 4.20. The number of amides is 1. The number of likely N-dealkylation sites (tertiary alicyclic amines) is 1. The van der Waals surface area contributed by atoms with Crippen LogP contribution in [0.4, 0.5) is 8.78 Å². The van der Waals surface area contributed by atoms with Crippen molar-refractivity contribution in [3.63, 3.8) is 0 Å². The highest BCUT2D eigenvalue weighted by Gasteiger charge is 2.24. The number of alkyl halides is 2. The van der Waals surface area contributed by atoms with E-state index in [9.17, 15) is 13.6 Å². The molecule has 29 heavy (non-hydrogen) atoms. The number of nitrogens with zero attached hydrogens (tertiary/aromatic N) is 3. The van der Waals surface area contributed by atoms with Crippen molar-refractivity contribution < 1.29 is 13.6 Å². The summed E-state index contributed by atoms with van der Waals surface area (Å²) in [6.07, 6.45) is -0.760. The molecule has 0 saturated carbocycles. The zero-order valence-electron chi connectivity index (χ0n) is 16.4. The highest BCUT2D eigenvalue weighted by atomic mass is 35.5. The Labute approximate surface area is 179 Å². The number of nitrogens with one attached hydrogen (secondary N) is 1. The first-order valence-corrected chi connectivity index (χ1v) is 10.3. The van der Waals surface area contributed by atoms with Gasteiger partial charge in [-0.05, 0) is 44.9 Å². The van der Waals surface area contributed by atoms with Crippen LogP contribution in [-0.2, 0) is 11.2 Å². The van der Waals surface area contributed by atoms with Crippen LogP contribution in [0, 0.1) is 13.8 Å². The van der Waals surface area contributed by atoms with Crippen molar-refractivity contribution in [3.8, 4) is 5.69 Å². The maximum absolute atomic E-state index is 12.6. The van der Waals surface area contributed by atoms with Crippen molar-refractivity contribution in [1.29, 1.82) is 0 Å². The number of piperidine rings is 1. The van der Waals surface area contributed by atoms with E-state index in [1.807, 2.05) is 13.8 Å². The number of halogens is 4. The summed E-state index contributed by atoms with van der Waals surface area (Å²) in [7, 11) is 0. The molecule has 1 aromatic carbocycles. The zero-order chi connectivity index (χ0) is 21.1. The molecule has 3 rings (SSSR count). The molecule has 0 atom stereocenters. The van der Waals surface area contributed by atoms with Gasteiger partial charge in [0.25, 0.3) is 6.43 Å². The van der Waals surface area contributed by atoms with E-state index < -0.39 is 6.43 Å². The van der Waals surface area contributed by atoms with E-state index in [2.05, 4.69) is 10.4 Å². The Morgan fingerprint density at radius 2 is 1.97 bits per heavy atom. The van der Waals surface area contributed by atoms with Crippen LogP contribution in [-0.4, -0.2) is 52.7 Å². The summed E-state index contributed by atoms with van der Waals surface area (Å²) in [5.41, 5.74) is 3.16. The van der Waals surface area contributed by atoms with Crippen LogP contribution < -0.4 is 5.32 Å². The summed E-state index contributed by atoms with van der Waals surface area (Å²) >= 11 is 12.3. The Morgan fingerprint density at radius 3 is 2.59 bits per heavy atom. The molecule has 0 radical (unpaired) electrons. The highest BCUT2D eigenvalue weighted by Crippen LogP contribution is 2.27. The lowest BCUT2D eigenvalue weighted by molar-refractivity contribution is -0.121. The molecule has 1 aliphatic heterocycles. The van der Waals surface area contributed by atoms with Gasteiger partial charge in [-0.3, -0.25) is 9.69 Å². The monoisotopic (exact) mass is 444 g/mol. The molecule has 1 amide bonds. The van der Waals surface area contributed by atoms with Gasteiger partial charge in [-0.25, -0.2) is 13.5 Å². The van der Waals surface area contributed by atoms with Crippen molar-refractivity contribution >= 4 is 29.1 Å². The van der Waals surface area contributed by atoms with Gasteiger partial charge in [-0.1, -0.05) is 23.2 Å². The number of carbonyl (C=O) groups excluding carboxylic acids is 1. The number of carbonyl (C=O) groups is 1. The number of rotatable bonds is 6. The summed E-state index contributed by atoms with van der Waals surface area (Å²) in [6, 6.07) is 5.20. The number of hydrogen-bond donors (Lipinski definition) is 1. The molecule has 2 aromatic rings. The molecule has 1 aliphatic rings. The summed E-state index contributed by atoms with van der Waals surface area (Å²) < 4.78 is 26.7. The van der Waals surface area contributed by atoms with Crippen LogP contribution in [0.3, 0.4) is 0 Å². The molecule has 5 nitrogen and oxygen atoms in total. The van der Waals surface area contributed by atoms with Gasteiger partial charge in [-0.15, -0.1) is 0 Å². The Bertz CT molecular complexity index is 880. The van der Waals surface area contributed by atoms with Gasteiger partial charge in [0.2, 0.25) is 5.91 Å². The summed E-state index contributed by atoms with van der Waals surface area (Å²) in [4.78, 5) is 14.3. The van der Waals surface area contributed by atoms with E-state index in [1.165, 1.54) is 0 Å². The summed E-state index contributed by atoms with van der Waals surface area (Å²) in [5, 5.41) is 8.59. The maximum atomic E-state index is 12.6. The minimum absolute atomic E-state index is 0.0118. The normalized spacial score (nSPS) is 15.8. The van der Waals surface area contributed by atoms with Crippen LogP contribution in [0.5, 0.6) is 0 Å². The standard InChI is InChI=1S/C20H24Cl2F2N4O/c1-12-16(13(2)28(26-12)18-4-3-14(21)9-17(18)22)10-20(29)25-15-5-7-27(8-6-15)11-19(23)24/h3-4,9,15,19H,5-8,10-11H2,1-2H3,(H,25,29). The molecule has 1 N–H and O–H groups in total. The Kier molecular flexibility index (Phi) is 7.14. The van der Waals surface area contributed by atoms with E-state index in [1.54, 1.807) is 27.8 Å². The lowest BCUT2D eigenvalue weighted by Crippen LogP contribution is -2.46. The molecule has 1 saturated heterocycles. The molecule has 1 aromatic heterocycles. The maximum Gasteiger partial charge on any atom is 0.251 e. The second-order valence-electron chi connectivity index (χ2n) is 7.37. The molecular formula is C20H24Cl2F2N4O.